The van der Waals surface area contributed by atoms with Gasteiger partial charge in [-0.15, -0.1) is 9.36 Å². The molecule has 110 valence electrons. The molecule has 0 saturated heterocycles. The second-order valence-electron chi connectivity index (χ2n) is 6.14. The van der Waals surface area contributed by atoms with Crippen LogP contribution < -0.4 is 4.68 Å². The predicted octanol–water partition coefficient (Wildman–Crippen LogP) is 3.63. The van der Waals surface area contributed by atoms with Gasteiger partial charge in [0.15, 0.2) is 12.2 Å². The number of fused-ring (bicyclic) bond motifs is 5. The van der Waals surface area contributed by atoms with E-state index in [0.29, 0.717) is 11.3 Å². The van der Waals surface area contributed by atoms with Gasteiger partial charge in [0.05, 0.1) is 23.6 Å². The molecule has 0 unspecified atom stereocenters. The molecule has 1 aromatic heterocycles. The molecule has 0 aliphatic carbocycles. The third kappa shape index (κ3) is 1.67. The fourth-order valence-corrected chi connectivity index (χ4v) is 3.54. The lowest BCUT2D eigenvalue weighted by Gasteiger charge is -2.09. The van der Waals surface area contributed by atoms with Gasteiger partial charge < -0.3 is 0 Å². The zero-order valence-corrected chi connectivity index (χ0v) is 13.3. The number of rotatable bonds is 0. The lowest BCUT2D eigenvalue weighted by Crippen LogP contribution is -2.36. The lowest BCUT2D eigenvalue weighted by molar-refractivity contribution is -0.749. The fraction of sp³-hybridized carbons (Fsp3) is 0.211. The van der Waals surface area contributed by atoms with Crippen LogP contribution >= 0.6 is 0 Å². The highest BCUT2D eigenvalue weighted by atomic mass is 15.4. The first-order chi connectivity index (χ1) is 11.0. The summed E-state index contributed by atoms with van der Waals surface area (Å²) in [4.78, 5) is 3.52. The molecule has 0 radical (unpaired) electrons. The third-order valence-corrected chi connectivity index (χ3v) is 4.90. The van der Waals surface area contributed by atoms with Crippen LogP contribution in [-0.4, -0.2) is 4.68 Å². The van der Waals surface area contributed by atoms with Gasteiger partial charge in [0.2, 0.25) is 6.20 Å². The normalized spacial score (nSPS) is 11.9. The molecule has 0 amide bonds. The van der Waals surface area contributed by atoms with Gasteiger partial charge in [-0.3, -0.25) is 0 Å². The van der Waals surface area contributed by atoms with Crippen LogP contribution in [0.15, 0.2) is 24.4 Å². The molecule has 0 bridgehead atoms. The van der Waals surface area contributed by atoms with Crippen molar-refractivity contribution in [1.29, 1.82) is 5.26 Å². The topological polar surface area (TPSA) is 37.0 Å². The van der Waals surface area contributed by atoms with Crippen molar-refractivity contribution in [2.75, 3.05) is 0 Å². The average Bonchev–Trinajstić information content (AvgIpc) is 3.07. The molecule has 0 N–H and O–H groups in total. The van der Waals surface area contributed by atoms with Gasteiger partial charge in [-0.2, -0.15) is 5.26 Å². The number of hydrogen-bond donors (Lipinski definition) is 0. The van der Waals surface area contributed by atoms with E-state index in [1.807, 2.05) is 12.3 Å². The van der Waals surface area contributed by atoms with E-state index >= 15 is 0 Å². The number of aryl methyl sites for hydroxylation is 1. The summed E-state index contributed by atoms with van der Waals surface area (Å²) < 4.78 is 4.29. The highest BCUT2D eigenvalue weighted by Crippen LogP contribution is 2.33. The summed E-state index contributed by atoms with van der Waals surface area (Å²) in [7, 11) is 0. The summed E-state index contributed by atoms with van der Waals surface area (Å²) in [5, 5.41) is 10.3. The van der Waals surface area contributed by atoms with Gasteiger partial charge in [-0.05, 0) is 55.7 Å². The van der Waals surface area contributed by atoms with Crippen molar-refractivity contribution in [2.45, 2.75) is 27.3 Å². The fourth-order valence-electron chi connectivity index (χ4n) is 3.54. The van der Waals surface area contributed by atoms with Crippen LogP contribution in [0.2, 0.25) is 0 Å². The summed E-state index contributed by atoms with van der Waals surface area (Å²) in [5.74, 6) is 0. The van der Waals surface area contributed by atoms with Crippen LogP contribution in [0.5, 0.6) is 0 Å². The zero-order chi connectivity index (χ0) is 16.3. The largest absolute Gasteiger partial charge is 0.238 e. The first-order valence-corrected chi connectivity index (χ1v) is 7.52. The van der Waals surface area contributed by atoms with E-state index in [-0.39, 0.29) is 0 Å². The van der Waals surface area contributed by atoms with E-state index < -0.39 is 0 Å². The molecule has 2 aromatic carbocycles. The van der Waals surface area contributed by atoms with Gasteiger partial charge in [-0.25, -0.2) is 4.85 Å². The van der Waals surface area contributed by atoms with Crippen molar-refractivity contribution in [3.63, 3.8) is 0 Å². The molecule has 1 aliphatic rings. The minimum absolute atomic E-state index is 0.505. The second kappa shape index (κ2) is 4.44. The highest BCUT2D eigenvalue weighted by Gasteiger charge is 2.31. The summed E-state index contributed by atoms with van der Waals surface area (Å²) in [5.41, 5.74) is 8.33. The second-order valence-corrected chi connectivity index (χ2v) is 6.14. The number of nitriles is 1. The summed E-state index contributed by atoms with van der Waals surface area (Å²) in [6.45, 7) is 14.5. The molecule has 4 nitrogen and oxygen atoms in total. The van der Waals surface area contributed by atoms with E-state index in [1.165, 1.54) is 27.9 Å². The molecule has 4 rings (SSSR count). The molecule has 1 aliphatic heterocycles. The van der Waals surface area contributed by atoms with Crippen molar-refractivity contribution in [3.8, 4) is 11.8 Å². The van der Waals surface area contributed by atoms with E-state index in [2.05, 4.69) is 47.1 Å². The summed E-state index contributed by atoms with van der Waals surface area (Å²) in [6.07, 6.45) is 2.02. The van der Waals surface area contributed by atoms with Crippen molar-refractivity contribution in [2.24, 2.45) is 0 Å². The molecule has 3 aromatic rings. The minimum atomic E-state index is 0.505. The molecule has 0 spiro atoms. The van der Waals surface area contributed by atoms with E-state index in [0.717, 1.165) is 17.4 Å². The van der Waals surface area contributed by atoms with Crippen molar-refractivity contribution in [3.05, 3.63) is 63.6 Å². The van der Waals surface area contributed by atoms with Crippen LogP contribution in [0.3, 0.4) is 0 Å². The van der Waals surface area contributed by atoms with Gasteiger partial charge in [0.1, 0.15) is 11.2 Å². The van der Waals surface area contributed by atoms with Crippen molar-refractivity contribution in [1.82, 2.24) is 4.68 Å². The van der Waals surface area contributed by atoms with Gasteiger partial charge >= 0.3 is 0 Å². The minimum Gasteiger partial charge on any atom is -0.238 e. The Bertz CT molecular complexity index is 1090. The average molecular weight is 299 g/mol. The molecule has 0 saturated carbocycles. The highest BCUT2D eigenvalue weighted by molar-refractivity contribution is 5.89. The molecule has 2 heterocycles. The SMILES string of the molecule is [C-]#[N+]c1cc(C#N)c2c[n+]3n(c2c1)-c1c(cc(C)c(C)c1C)C3. The number of aromatic nitrogens is 2. The van der Waals surface area contributed by atoms with Crippen LogP contribution in [-0.2, 0) is 6.54 Å². The third-order valence-electron chi connectivity index (χ3n) is 4.90. The number of hydrogen-bond acceptors (Lipinski definition) is 1. The molecular weight excluding hydrogens is 284 g/mol. The Morgan fingerprint density at radius 1 is 1.22 bits per heavy atom. The standard InChI is InChI=1S/C19H15N4/c1-11-5-15-9-22-10-17-14(8-20)6-16(21-4)7-18(17)23(22)19(15)13(3)12(11)2/h5-7,10H,9H2,1-3H3/q+1. The Kier molecular flexibility index (Phi) is 2.62. The van der Waals surface area contributed by atoms with E-state index in [1.54, 1.807) is 6.07 Å². The predicted molar refractivity (Wildman–Crippen MR) is 87.8 cm³/mol. The quantitative estimate of drug-likeness (QED) is 0.361. The van der Waals surface area contributed by atoms with Crippen LogP contribution in [0, 0.1) is 38.7 Å². The van der Waals surface area contributed by atoms with E-state index in [4.69, 9.17) is 6.57 Å². The molecule has 0 fully saturated rings. The Morgan fingerprint density at radius 3 is 2.70 bits per heavy atom. The van der Waals surface area contributed by atoms with Gasteiger partial charge in [0.25, 0.3) is 0 Å². The monoisotopic (exact) mass is 299 g/mol. The number of nitrogens with zero attached hydrogens (tertiary/aromatic N) is 4. The lowest BCUT2D eigenvalue weighted by atomic mass is 9.98. The molecule has 4 heteroatoms. The Labute approximate surface area is 134 Å². The molecule has 0 atom stereocenters. The van der Waals surface area contributed by atoms with Crippen molar-refractivity contribution < 1.29 is 4.68 Å². The molecule has 23 heavy (non-hydrogen) atoms. The van der Waals surface area contributed by atoms with Crippen LogP contribution in [0.4, 0.5) is 5.69 Å². The molecular formula is C19H15N4+. The number of benzene rings is 2. The smallest absolute Gasteiger partial charge is 0.205 e. The first-order valence-electron chi connectivity index (χ1n) is 7.52. The first kappa shape index (κ1) is 13.5. The Balaban J connectivity index is 2.15. The maximum Gasteiger partial charge on any atom is 0.205 e. The van der Waals surface area contributed by atoms with Crippen LogP contribution in [0.25, 0.3) is 21.4 Å². The summed E-state index contributed by atoms with van der Waals surface area (Å²) >= 11 is 0. The maximum absolute atomic E-state index is 9.41. The van der Waals surface area contributed by atoms with Gasteiger partial charge in [0, 0.05) is 5.56 Å². The summed E-state index contributed by atoms with van der Waals surface area (Å²) in [6, 6.07) is 8.01. The Hall–Kier alpha value is -3.11. The van der Waals surface area contributed by atoms with Crippen LogP contribution in [0.1, 0.15) is 27.8 Å². The van der Waals surface area contributed by atoms with Gasteiger partial charge in [-0.1, -0.05) is 0 Å². The Morgan fingerprint density at radius 2 is 2.00 bits per heavy atom. The zero-order valence-electron chi connectivity index (χ0n) is 13.3. The van der Waals surface area contributed by atoms with E-state index in [9.17, 15) is 5.26 Å². The van der Waals surface area contributed by atoms with Crippen molar-refractivity contribution >= 4 is 16.6 Å². The maximum atomic E-state index is 9.41.